The lowest BCUT2D eigenvalue weighted by atomic mass is 9.97. The summed E-state index contributed by atoms with van der Waals surface area (Å²) in [6.07, 6.45) is 5.83. The molecule has 1 saturated carbocycles. The van der Waals surface area contributed by atoms with Crippen molar-refractivity contribution in [1.82, 2.24) is 20.2 Å². The summed E-state index contributed by atoms with van der Waals surface area (Å²) in [6.45, 7) is 5.46. The van der Waals surface area contributed by atoms with Crippen molar-refractivity contribution in [2.45, 2.75) is 70.2 Å². The molecule has 2 amide bonds. The van der Waals surface area contributed by atoms with Crippen LogP contribution in [-0.4, -0.2) is 50.6 Å². The zero-order valence-corrected chi connectivity index (χ0v) is 21.3. The van der Waals surface area contributed by atoms with Crippen LogP contribution in [0, 0.1) is 17.2 Å². The molecule has 1 aliphatic heterocycles. The Bertz CT molecular complexity index is 1360. The zero-order valence-electron chi connectivity index (χ0n) is 21.3. The molecule has 2 bridgehead atoms. The maximum absolute atomic E-state index is 13.3. The number of ether oxygens (including phenoxy) is 1. The normalized spacial score (nSPS) is 21.5. The third kappa shape index (κ3) is 5.26. The van der Waals surface area contributed by atoms with Gasteiger partial charge in [0, 0.05) is 24.0 Å². The second kappa shape index (κ2) is 9.81. The summed E-state index contributed by atoms with van der Waals surface area (Å²) in [4.78, 5) is 36.2. The number of nitriles is 1. The molecule has 37 heavy (non-hydrogen) atoms. The van der Waals surface area contributed by atoms with E-state index in [4.69, 9.17) is 4.74 Å². The fraction of sp³-hybridized carbons (Fsp3) is 0.414. The molecule has 4 atom stereocenters. The van der Waals surface area contributed by atoms with Crippen LogP contribution in [0.4, 0.5) is 4.79 Å². The minimum absolute atomic E-state index is 0.0187. The van der Waals surface area contributed by atoms with Gasteiger partial charge in [0.2, 0.25) is 5.91 Å². The van der Waals surface area contributed by atoms with Crippen LogP contribution in [0.15, 0.2) is 55.0 Å². The van der Waals surface area contributed by atoms with Crippen LogP contribution in [0.1, 0.15) is 45.6 Å². The first-order valence-electron chi connectivity index (χ1n) is 12.7. The SMILES string of the molecule is CC(C)(C)OC(=O)N1[C@@H]2CC[C@@H](C2)[C@H]1C(=O)N[C@H](C#N)Cc1ccc(-c2ccc3cncnc3c2)cc1. The minimum atomic E-state index is -0.699. The Morgan fingerprint density at radius 3 is 2.65 bits per heavy atom. The van der Waals surface area contributed by atoms with E-state index >= 15 is 0 Å². The number of fused-ring (bicyclic) bond motifs is 3. The Morgan fingerprint density at radius 1 is 1.16 bits per heavy atom. The fourth-order valence-electron chi connectivity index (χ4n) is 5.51. The van der Waals surface area contributed by atoms with E-state index < -0.39 is 23.8 Å². The molecule has 2 aliphatic rings. The number of likely N-dealkylation sites (tertiary alicyclic amines) is 1. The van der Waals surface area contributed by atoms with Gasteiger partial charge in [0.15, 0.2) is 0 Å². The molecule has 1 N–H and O–H groups in total. The van der Waals surface area contributed by atoms with Gasteiger partial charge in [-0.2, -0.15) is 5.26 Å². The van der Waals surface area contributed by atoms with E-state index in [1.165, 1.54) is 6.33 Å². The lowest BCUT2D eigenvalue weighted by Gasteiger charge is -2.35. The molecule has 1 saturated heterocycles. The van der Waals surface area contributed by atoms with Gasteiger partial charge in [0.05, 0.1) is 11.6 Å². The largest absolute Gasteiger partial charge is 0.444 e. The number of rotatable bonds is 5. The standard InChI is InChI=1S/C29H31N5O3/c1-29(2,3)37-28(36)34-24-11-10-21(13-24)26(34)27(35)33-23(15-30)12-18-4-6-19(7-5-18)20-8-9-22-16-31-17-32-25(22)14-20/h4-9,14,16-17,21,23-24,26H,10-13H2,1-3H3,(H,33,35)/t21-,23-,24+,26-/m0/s1. The number of carbonyl (C=O) groups is 2. The van der Waals surface area contributed by atoms with Crippen molar-refractivity contribution >= 4 is 22.9 Å². The zero-order chi connectivity index (χ0) is 26.2. The van der Waals surface area contributed by atoms with Crippen LogP contribution in [0.3, 0.4) is 0 Å². The summed E-state index contributed by atoms with van der Waals surface area (Å²) in [5.74, 6) is -0.178. The lowest BCUT2D eigenvalue weighted by molar-refractivity contribution is -0.128. The molecule has 0 radical (unpaired) electrons. The Balaban J connectivity index is 1.25. The molecule has 190 valence electrons. The smallest absolute Gasteiger partial charge is 0.411 e. The van der Waals surface area contributed by atoms with E-state index in [2.05, 4.69) is 21.4 Å². The quantitative estimate of drug-likeness (QED) is 0.550. The van der Waals surface area contributed by atoms with Crippen molar-refractivity contribution in [2.24, 2.45) is 5.92 Å². The predicted molar refractivity (Wildman–Crippen MR) is 139 cm³/mol. The Morgan fingerprint density at radius 2 is 1.92 bits per heavy atom. The average Bonchev–Trinajstić information content (AvgIpc) is 3.49. The third-order valence-corrected chi connectivity index (χ3v) is 7.17. The summed E-state index contributed by atoms with van der Waals surface area (Å²) >= 11 is 0. The van der Waals surface area contributed by atoms with Gasteiger partial charge in [-0.15, -0.1) is 0 Å². The molecule has 1 aromatic heterocycles. The van der Waals surface area contributed by atoms with Crippen LogP contribution in [-0.2, 0) is 16.0 Å². The fourth-order valence-corrected chi connectivity index (χ4v) is 5.51. The summed E-state index contributed by atoms with van der Waals surface area (Å²) in [7, 11) is 0. The second-order valence-corrected chi connectivity index (χ2v) is 10.9. The van der Waals surface area contributed by atoms with Crippen molar-refractivity contribution in [3.63, 3.8) is 0 Å². The van der Waals surface area contributed by atoms with Crippen LogP contribution >= 0.6 is 0 Å². The first kappa shape index (κ1) is 24.7. The number of hydrogen-bond donors (Lipinski definition) is 1. The first-order chi connectivity index (χ1) is 17.7. The lowest BCUT2D eigenvalue weighted by Crippen LogP contribution is -2.55. The van der Waals surface area contributed by atoms with Crippen molar-refractivity contribution in [3.05, 3.63) is 60.6 Å². The molecular formula is C29H31N5O3. The third-order valence-electron chi connectivity index (χ3n) is 7.17. The van der Waals surface area contributed by atoms with Gasteiger partial charge in [-0.25, -0.2) is 14.8 Å². The number of aromatic nitrogens is 2. The van der Waals surface area contributed by atoms with Crippen molar-refractivity contribution < 1.29 is 14.3 Å². The molecule has 2 heterocycles. The Labute approximate surface area is 216 Å². The van der Waals surface area contributed by atoms with Gasteiger partial charge in [0.25, 0.3) is 0 Å². The summed E-state index contributed by atoms with van der Waals surface area (Å²) in [6, 6.07) is 15.0. The number of benzene rings is 2. The molecule has 8 nitrogen and oxygen atoms in total. The van der Waals surface area contributed by atoms with Crippen LogP contribution in [0.2, 0.25) is 0 Å². The monoisotopic (exact) mass is 497 g/mol. The molecule has 1 aliphatic carbocycles. The van der Waals surface area contributed by atoms with Gasteiger partial charge in [-0.3, -0.25) is 9.69 Å². The Kier molecular flexibility index (Phi) is 6.55. The molecule has 0 spiro atoms. The van der Waals surface area contributed by atoms with E-state index in [9.17, 15) is 14.9 Å². The van der Waals surface area contributed by atoms with Gasteiger partial charge in [-0.1, -0.05) is 36.4 Å². The van der Waals surface area contributed by atoms with Gasteiger partial charge < -0.3 is 10.1 Å². The highest BCUT2D eigenvalue weighted by Crippen LogP contribution is 2.43. The summed E-state index contributed by atoms with van der Waals surface area (Å²) in [5.41, 5.74) is 3.26. The second-order valence-electron chi connectivity index (χ2n) is 10.9. The molecule has 5 rings (SSSR count). The summed E-state index contributed by atoms with van der Waals surface area (Å²) in [5, 5.41) is 13.7. The highest BCUT2D eigenvalue weighted by molar-refractivity contribution is 5.88. The minimum Gasteiger partial charge on any atom is -0.444 e. The molecule has 2 aromatic carbocycles. The highest BCUT2D eigenvalue weighted by atomic mass is 16.6. The average molecular weight is 498 g/mol. The maximum atomic E-state index is 13.3. The van der Waals surface area contributed by atoms with E-state index in [1.807, 2.05) is 63.2 Å². The van der Waals surface area contributed by atoms with Crippen molar-refractivity contribution in [1.29, 1.82) is 5.26 Å². The maximum Gasteiger partial charge on any atom is 0.411 e. The molecule has 0 unspecified atom stereocenters. The first-order valence-corrected chi connectivity index (χ1v) is 12.7. The van der Waals surface area contributed by atoms with Crippen LogP contribution in [0.25, 0.3) is 22.0 Å². The number of piperidine rings is 1. The van der Waals surface area contributed by atoms with Crippen molar-refractivity contribution in [2.75, 3.05) is 0 Å². The topological polar surface area (TPSA) is 108 Å². The molecule has 2 fully saturated rings. The summed E-state index contributed by atoms with van der Waals surface area (Å²) < 4.78 is 5.59. The predicted octanol–water partition coefficient (Wildman–Crippen LogP) is 4.64. The number of carbonyl (C=O) groups excluding carboxylic acids is 2. The van der Waals surface area contributed by atoms with E-state index in [0.717, 1.165) is 46.9 Å². The molecule has 8 heteroatoms. The highest BCUT2D eigenvalue weighted by Gasteiger charge is 2.52. The van der Waals surface area contributed by atoms with Gasteiger partial charge in [0.1, 0.15) is 24.0 Å². The number of amides is 2. The number of hydrogen-bond acceptors (Lipinski definition) is 6. The van der Waals surface area contributed by atoms with E-state index in [0.29, 0.717) is 6.42 Å². The van der Waals surface area contributed by atoms with Crippen molar-refractivity contribution in [3.8, 4) is 17.2 Å². The Hall–Kier alpha value is -3.99. The van der Waals surface area contributed by atoms with Crippen LogP contribution in [0.5, 0.6) is 0 Å². The number of nitrogens with zero attached hydrogens (tertiary/aromatic N) is 4. The van der Waals surface area contributed by atoms with E-state index in [1.54, 1.807) is 11.1 Å². The van der Waals surface area contributed by atoms with E-state index in [-0.39, 0.29) is 17.9 Å². The molecular weight excluding hydrogens is 466 g/mol. The van der Waals surface area contributed by atoms with Gasteiger partial charge >= 0.3 is 6.09 Å². The number of nitrogens with one attached hydrogen (secondary N) is 1. The molecule has 3 aromatic rings. The van der Waals surface area contributed by atoms with Gasteiger partial charge in [-0.05, 0) is 68.7 Å². The van der Waals surface area contributed by atoms with Crippen LogP contribution < -0.4 is 5.32 Å².